The summed E-state index contributed by atoms with van der Waals surface area (Å²) in [5.74, 6) is -0.579. The van der Waals surface area contributed by atoms with Gasteiger partial charge < -0.3 is 9.47 Å². The second-order valence-corrected chi connectivity index (χ2v) is 9.23. The SMILES string of the molecule is CCOCOc1ccc2nc(NC(=O)c3cccc(CC(c4cccs4)C(F)F)c3)sc2c1. The Kier molecular flexibility index (Phi) is 7.64. The zero-order valence-corrected chi connectivity index (χ0v) is 19.4. The van der Waals surface area contributed by atoms with Crippen LogP contribution in [0, 0.1) is 0 Å². The van der Waals surface area contributed by atoms with Gasteiger partial charge in [0.15, 0.2) is 11.9 Å². The van der Waals surface area contributed by atoms with Crippen molar-refractivity contribution in [3.8, 4) is 5.75 Å². The second kappa shape index (κ2) is 10.8. The van der Waals surface area contributed by atoms with Gasteiger partial charge in [0.2, 0.25) is 6.43 Å². The molecular formula is C24H22F2N2O3S2. The molecule has 0 aliphatic heterocycles. The van der Waals surface area contributed by atoms with Gasteiger partial charge in [0.25, 0.3) is 5.91 Å². The lowest BCUT2D eigenvalue weighted by atomic mass is 9.97. The lowest BCUT2D eigenvalue weighted by Gasteiger charge is -2.15. The molecule has 4 aromatic rings. The summed E-state index contributed by atoms with van der Waals surface area (Å²) in [5.41, 5.74) is 1.82. The summed E-state index contributed by atoms with van der Waals surface area (Å²) >= 11 is 2.65. The third-order valence-electron chi connectivity index (χ3n) is 4.95. The third-order valence-corrected chi connectivity index (χ3v) is 6.89. The van der Waals surface area contributed by atoms with E-state index >= 15 is 0 Å². The van der Waals surface area contributed by atoms with Crippen molar-refractivity contribution in [1.82, 2.24) is 4.98 Å². The number of hydrogen-bond donors (Lipinski definition) is 1. The predicted octanol–water partition coefficient (Wildman–Crippen LogP) is 6.57. The van der Waals surface area contributed by atoms with Gasteiger partial charge in [-0.3, -0.25) is 10.1 Å². The number of nitrogens with zero attached hydrogens (tertiary/aromatic N) is 1. The molecule has 0 saturated carbocycles. The van der Waals surface area contributed by atoms with Crippen LogP contribution in [0.4, 0.5) is 13.9 Å². The number of nitrogens with one attached hydrogen (secondary N) is 1. The van der Waals surface area contributed by atoms with Crippen LogP contribution in [0.5, 0.6) is 5.75 Å². The number of amides is 1. The number of thiophene rings is 1. The molecule has 2 heterocycles. The number of carbonyl (C=O) groups excluding carboxylic acids is 1. The highest BCUT2D eigenvalue weighted by atomic mass is 32.1. The van der Waals surface area contributed by atoms with E-state index in [-0.39, 0.29) is 19.1 Å². The van der Waals surface area contributed by atoms with Crippen LogP contribution in [0.1, 0.15) is 33.6 Å². The first-order chi connectivity index (χ1) is 16.0. The molecule has 1 unspecified atom stereocenters. The summed E-state index contributed by atoms with van der Waals surface area (Å²) in [6, 6.07) is 15.7. The van der Waals surface area contributed by atoms with Gasteiger partial charge in [0.1, 0.15) is 5.75 Å². The van der Waals surface area contributed by atoms with E-state index < -0.39 is 12.3 Å². The van der Waals surface area contributed by atoms with Gasteiger partial charge in [0.05, 0.1) is 16.1 Å². The summed E-state index contributed by atoms with van der Waals surface area (Å²) < 4.78 is 38.8. The van der Waals surface area contributed by atoms with E-state index in [1.54, 1.807) is 47.8 Å². The first-order valence-electron chi connectivity index (χ1n) is 10.4. The van der Waals surface area contributed by atoms with Gasteiger partial charge in [0, 0.05) is 17.0 Å². The number of fused-ring (bicyclic) bond motifs is 1. The maximum atomic E-state index is 13.6. The highest BCUT2D eigenvalue weighted by Crippen LogP contribution is 2.32. The van der Waals surface area contributed by atoms with Crippen molar-refractivity contribution in [3.05, 3.63) is 76.0 Å². The standard InChI is InChI=1S/C24H22F2N2O3S2/c1-2-30-14-31-17-8-9-19-21(13-17)33-24(27-19)28-23(29)16-6-3-5-15(11-16)12-18(22(25)26)20-7-4-10-32-20/h3-11,13,18,22H,2,12,14H2,1H3,(H,27,28,29). The monoisotopic (exact) mass is 488 g/mol. The Bertz CT molecular complexity index is 1210. The van der Waals surface area contributed by atoms with Crippen molar-refractivity contribution < 1.29 is 23.0 Å². The number of benzene rings is 2. The van der Waals surface area contributed by atoms with Crippen LogP contribution in [0.25, 0.3) is 10.2 Å². The maximum Gasteiger partial charge on any atom is 0.257 e. The number of anilines is 1. The van der Waals surface area contributed by atoms with Crippen LogP contribution < -0.4 is 10.1 Å². The van der Waals surface area contributed by atoms with E-state index in [0.29, 0.717) is 33.5 Å². The molecule has 1 N–H and O–H groups in total. The van der Waals surface area contributed by atoms with Crippen LogP contribution in [0.15, 0.2) is 60.0 Å². The number of carbonyl (C=O) groups is 1. The van der Waals surface area contributed by atoms with Gasteiger partial charge in [-0.2, -0.15) is 0 Å². The van der Waals surface area contributed by atoms with Crippen molar-refractivity contribution in [2.45, 2.75) is 25.7 Å². The Morgan fingerprint density at radius 3 is 2.79 bits per heavy atom. The lowest BCUT2D eigenvalue weighted by molar-refractivity contribution is 0.0225. The second-order valence-electron chi connectivity index (χ2n) is 7.22. The van der Waals surface area contributed by atoms with Crippen molar-refractivity contribution in [2.75, 3.05) is 18.7 Å². The largest absolute Gasteiger partial charge is 0.468 e. The number of hydrogen-bond acceptors (Lipinski definition) is 6. The zero-order chi connectivity index (χ0) is 23.2. The summed E-state index contributed by atoms with van der Waals surface area (Å²) in [7, 11) is 0. The van der Waals surface area contributed by atoms with Gasteiger partial charge in [-0.1, -0.05) is 29.5 Å². The van der Waals surface area contributed by atoms with E-state index in [9.17, 15) is 13.6 Å². The van der Waals surface area contributed by atoms with E-state index in [2.05, 4.69) is 10.3 Å². The fourth-order valence-electron chi connectivity index (χ4n) is 3.32. The molecule has 4 rings (SSSR count). The highest BCUT2D eigenvalue weighted by molar-refractivity contribution is 7.22. The Hall–Kier alpha value is -2.88. The Labute approximate surface area is 198 Å². The normalized spacial score (nSPS) is 12.2. The zero-order valence-electron chi connectivity index (χ0n) is 17.8. The van der Waals surface area contributed by atoms with Gasteiger partial charge in [-0.05, 0) is 60.7 Å². The smallest absolute Gasteiger partial charge is 0.257 e. The molecule has 0 saturated heterocycles. The molecule has 5 nitrogen and oxygen atoms in total. The van der Waals surface area contributed by atoms with Crippen molar-refractivity contribution in [3.63, 3.8) is 0 Å². The quantitative estimate of drug-likeness (QED) is 0.202. The number of alkyl halides is 2. The highest BCUT2D eigenvalue weighted by Gasteiger charge is 2.24. The van der Waals surface area contributed by atoms with E-state index in [0.717, 1.165) is 10.2 Å². The van der Waals surface area contributed by atoms with Crippen LogP contribution in [-0.4, -0.2) is 30.7 Å². The summed E-state index contributed by atoms with van der Waals surface area (Å²) in [6.07, 6.45) is -2.32. The van der Waals surface area contributed by atoms with E-state index in [1.165, 1.54) is 22.7 Å². The topological polar surface area (TPSA) is 60.5 Å². The molecular weight excluding hydrogens is 466 g/mol. The minimum absolute atomic E-state index is 0.158. The number of thiazole rings is 1. The molecule has 9 heteroatoms. The Morgan fingerprint density at radius 2 is 2.03 bits per heavy atom. The average molecular weight is 489 g/mol. The van der Waals surface area contributed by atoms with E-state index in [1.807, 2.05) is 19.1 Å². The molecule has 172 valence electrons. The fraction of sp³-hybridized carbons (Fsp3) is 0.250. The van der Waals surface area contributed by atoms with E-state index in [4.69, 9.17) is 9.47 Å². The molecule has 1 atom stereocenters. The summed E-state index contributed by atoms with van der Waals surface area (Å²) in [6.45, 7) is 2.62. The van der Waals surface area contributed by atoms with Crippen LogP contribution in [0.2, 0.25) is 0 Å². The molecule has 0 bridgehead atoms. The summed E-state index contributed by atoms with van der Waals surface area (Å²) in [5, 5.41) is 5.05. The molecule has 1 amide bonds. The van der Waals surface area contributed by atoms with Crippen LogP contribution in [0.3, 0.4) is 0 Å². The molecule has 33 heavy (non-hydrogen) atoms. The first kappa shape index (κ1) is 23.3. The Morgan fingerprint density at radius 1 is 1.15 bits per heavy atom. The van der Waals surface area contributed by atoms with Crippen molar-refractivity contribution in [2.24, 2.45) is 0 Å². The lowest BCUT2D eigenvalue weighted by Crippen LogP contribution is -2.14. The van der Waals surface area contributed by atoms with Gasteiger partial charge >= 0.3 is 0 Å². The van der Waals surface area contributed by atoms with Gasteiger partial charge in [-0.25, -0.2) is 13.8 Å². The predicted molar refractivity (Wildman–Crippen MR) is 128 cm³/mol. The number of aromatic nitrogens is 1. The average Bonchev–Trinajstić information content (AvgIpc) is 3.47. The van der Waals surface area contributed by atoms with Crippen LogP contribution in [-0.2, 0) is 11.2 Å². The number of rotatable bonds is 10. The molecule has 0 fully saturated rings. The van der Waals surface area contributed by atoms with Crippen molar-refractivity contribution >= 4 is 43.9 Å². The number of halogens is 2. The van der Waals surface area contributed by atoms with Gasteiger partial charge in [-0.15, -0.1) is 11.3 Å². The third kappa shape index (κ3) is 5.93. The molecule has 0 radical (unpaired) electrons. The molecule has 2 aromatic heterocycles. The molecule has 2 aromatic carbocycles. The first-order valence-corrected chi connectivity index (χ1v) is 12.1. The molecule has 0 aliphatic rings. The Balaban J connectivity index is 1.45. The molecule has 0 aliphatic carbocycles. The minimum Gasteiger partial charge on any atom is -0.468 e. The molecule has 0 spiro atoms. The number of ether oxygens (including phenoxy) is 2. The minimum atomic E-state index is -2.48. The van der Waals surface area contributed by atoms with Crippen molar-refractivity contribution in [1.29, 1.82) is 0 Å². The maximum absolute atomic E-state index is 13.6. The van der Waals surface area contributed by atoms with Crippen LogP contribution >= 0.6 is 22.7 Å². The summed E-state index contributed by atoms with van der Waals surface area (Å²) in [4.78, 5) is 17.9. The fourth-order valence-corrected chi connectivity index (χ4v) is 5.04.